The quantitative estimate of drug-likeness (QED) is 0.801. The molecule has 3 nitrogen and oxygen atoms in total. The van der Waals surface area contributed by atoms with Crippen LogP contribution < -0.4 is 10.1 Å². The number of ether oxygens (including phenoxy) is 1. The summed E-state index contributed by atoms with van der Waals surface area (Å²) in [6.45, 7) is 2.44. The second kappa shape index (κ2) is 7.70. The normalized spacial score (nSPS) is 10.2. The van der Waals surface area contributed by atoms with E-state index in [0.717, 1.165) is 17.0 Å². The molecule has 1 N–H and O–H groups in total. The van der Waals surface area contributed by atoms with Crippen LogP contribution in [0.2, 0.25) is 5.02 Å². The average molecular weight is 304 g/mol. The summed E-state index contributed by atoms with van der Waals surface area (Å²) in [4.78, 5) is 11.9. The maximum Gasteiger partial charge on any atom is 0.224 e. The topological polar surface area (TPSA) is 38.3 Å². The highest BCUT2D eigenvalue weighted by Gasteiger charge is 2.05. The van der Waals surface area contributed by atoms with E-state index >= 15 is 0 Å². The molecule has 0 bridgehead atoms. The van der Waals surface area contributed by atoms with E-state index in [1.165, 1.54) is 0 Å². The number of rotatable bonds is 6. The molecule has 110 valence electrons. The Bertz CT molecular complexity index is 599. The molecule has 4 heteroatoms. The van der Waals surface area contributed by atoms with E-state index in [1.807, 2.05) is 49.4 Å². The zero-order valence-electron chi connectivity index (χ0n) is 11.9. The van der Waals surface area contributed by atoms with Crippen molar-refractivity contribution in [1.29, 1.82) is 0 Å². The summed E-state index contributed by atoms with van der Waals surface area (Å²) in [6.07, 6.45) is 1.10. The number of aryl methyl sites for hydroxylation is 1. The molecule has 0 saturated heterocycles. The van der Waals surface area contributed by atoms with Crippen LogP contribution in [0, 0.1) is 6.92 Å². The summed E-state index contributed by atoms with van der Waals surface area (Å²) in [6, 6.07) is 15.0. The maximum absolute atomic E-state index is 11.9. The molecule has 2 aromatic rings. The van der Waals surface area contributed by atoms with Crippen molar-refractivity contribution in [1.82, 2.24) is 0 Å². The highest BCUT2D eigenvalue weighted by Crippen LogP contribution is 2.19. The molecule has 0 fully saturated rings. The number of amides is 1. The second-order valence-electron chi connectivity index (χ2n) is 4.77. The minimum atomic E-state index is -0.0166. The Labute approximate surface area is 129 Å². The van der Waals surface area contributed by atoms with Crippen molar-refractivity contribution in [2.24, 2.45) is 0 Å². The number of carbonyl (C=O) groups excluding carboxylic acids is 1. The van der Waals surface area contributed by atoms with E-state index in [4.69, 9.17) is 16.3 Å². The number of anilines is 1. The van der Waals surface area contributed by atoms with Gasteiger partial charge in [0.25, 0.3) is 0 Å². The molecular formula is C17H18ClNO2. The molecule has 0 unspecified atom stereocenters. The van der Waals surface area contributed by atoms with E-state index in [1.54, 1.807) is 6.07 Å². The number of nitrogens with one attached hydrogen (secondary N) is 1. The molecule has 0 aliphatic rings. The van der Waals surface area contributed by atoms with E-state index < -0.39 is 0 Å². The molecule has 1 amide bonds. The summed E-state index contributed by atoms with van der Waals surface area (Å²) < 4.78 is 5.55. The minimum Gasteiger partial charge on any atom is -0.494 e. The van der Waals surface area contributed by atoms with Crippen LogP contribution in [-0.2, 0) is 4.79 Å². The van der Waals surface area contributed by atoms with Crippen molar-refractivity contribution >= 4 is 23.2 Å². The smallest absolute Gasteiger partial charge is 0.224 e. The lowest BCUT2D eigenvalue weighted by Crippen LogP contribution is -2.13. The highest BCUT2D eigenvalue weighted by molar-refractivity contribution is 6.30. The van der Waals surface area contributed by atoms with Crippen LogP contribution in [0.3, 0.4) is 0 Å². The van der Waals surface area contributed by atoms with Crippen LogP contribution >= 0.6 is 11.6 Å². The molecule has 21 heavy (non-hydrogen) atoms. The van der Waals surface area contributed by atoms with Gasteiger partial charge in [0.1, 0.15) is 5.75 Å². The van der Waals surface area contributed by atoms with Crippen molar-refractivity contribution < 1.29 is 9.53 Å². The van der Waals surface area contributed by atoms with Gasteiger partial charge in [-0.3, -0.25) is 4.79 Å². The van der Waals surface area contributed by atoms with Crippen molar-refractivity contribution in [3.05, 3.63) is 59.1 Å². The Balaban J connectivity index is 1.72. The summed E-state index contributed by atoms with van der Waals surface area (Å²) in [5.74, 6) is 0.809. The minimum absolute atomic E-state index is 0.0166. The van der Waals surface area contributed by atoms with Crippen molar-refractivity contribution in [3.8, 4) is 5.75 Å². The molecule has 0 aliphatic heterocycles. The van der Waals surface area contributed by atoms with Crippen molar-refractivity contribution in [3.63, 3.8) is 0 Å². The monoisotopic (exact) mass is 303 g/mol. The number of halogens is 1. The van der Waals surface area contributed by atoms with Crippen LogP contribution in [-0.4, -0.2) is 12.5 Å². The van der Waals surface area contributed by atoms with E-state index in [-0.39, 0.29) is 5.91 Å². The first-order valence-electron chi connectivity index (χ1n) is 6.89. The van der Waals surface area contributed by atoms with Gasteiger partial charge in [0, 0.05) is 17.1 Å². The summed E-state index contributed by atoms with van der Waals surface area (Å²) in [5.41, 5.74) is 1.75. The SMILES string of the molecule is Cc1cc(Cl)ccc1NC(=O)CCCOc1ccccc1. The first-order valence-corrected chi connectivity index (χ1v) is 7.27. The Morgan fingerprint density at radius 1 is 1.19 bits per heavy atom. The predicted octanol–water partition coefficient (Wildman–Crippen LogP) is 4.45. The van der Waals surface area contributed by atoms with Gasteiger partial charge in [-0.2, -0.15) is 0 Å². The molecule has 0 saturated carbocycles. The standard InChI is InChI=1S/C17H18ClNO2/c1-13-12-14(18)9-10-16(13)19-17(20)8-5-11-21-15-6-3-2-4-7-15/h2-4,6-7,9-10,12H,5,8,11H2,1H3,(H,19,20). The lowest BCUT2D eigenvalue weighted by Gasteiger charge is -2.09. The van der Waals surface area contributed by atoms with Gasteiger partial charge in [-0.25, -0.2) is 0 Å². The third kappa shape index (κ3) is 5.12. The van der Waals surface area contributed by atoms with Gasteiger partial charge in [-0.15, -0.1) is 0 Å². The molecular weight excluding hydrogens is 286 g/mol. The maximum atomic E-state index is 11.9. The predicted molar refractivity (Wildman–Crippen MR) is 86.0 cm³/mol. The first kappa shape index (κ1) is 15.4. The Kier molecular flexibility index (Phi) is 5.64. The molecule has 0 spiro atoms. The van der Waals surface area contributed by atoms with Crippen molar-refractivity contribution in [2.45, 2.75) is 19.8 Å². The highest BCUT2D eigenvalue weighted by atomic mass is 35.5. The largest absolute Gasteiger partial charge is 0.494 e. The average Bonchev–Trinajstić information content (AvgIpc) is 2.48. The molecule has 0 atom stereocenters. The van der Waals surface area contributed by atoms with Crippen molar-refractivity contribution in [2.75, 3.05) is 11.9 Å². The fourth-order valence-electron chi connectivity index (χ4n) is 1.92. The van der Waals surface area contributed by atoms with E-state index in [2.05, 4.69) is 5.32 Å². The number of carbonyl (C=O) groups is 1. The third-order valence-electron chi connectivity index (χ3n) is 3.02. The van der Waals surface area contributed by atoms with Gasteiger partial charge in [0.2, 0.25) is 5.91 Å². The van der Waals surface area contributed by atoms with Gasteiger partial charge in [-0.1, -0.05) is 29.8 Å². The molecule has 0 radical (unpaired) electrons. The van der Waals surface area contributed by atoms with Crippen LogP contribution in [0.4, 0.5) is 5.69 Å². The zero-order valence-corrected chi connectivity index (χ0v) is 12.7. The first-order chi connectivity index (χ1) is 10.1. The Morgan fingerprint density at radius 2 is 1.95 bits per heavy atom. The molecule has 0 aromatic heterocycles. The van der Waals surface area contributed by atoms with Gasteiger partial charge < -0.3 is 10.1 Å². The lowest BCUT2D eigenvalue weighted by atomic mass is 10.2. The summed E-state index contributed by atoms with van der Waals surface area (Å²) in [5, 5.41) is 3.55. The fourth-order valence-corrected chi connectivity index (χ4v) is 2.15. The summed E-state index contributed by atoms with van der Waals surface area (Å²) in [7, 11) is 0. The van der Waals surface area contributed by atoms with Crippen LogP contribution in [0.15, 0.2) is 48.5 Å². The third-order valence-corrected chi connectivity index (χ3v) is 3.26. The number of hydrogen-bond donors (Lipinski definition) is 1. The number of para-hydroxylation sites is 1. The fraction of sp³-hybridized carbons (Fsp3) is 0.235. The van der Waals surface area contributed by atoms with E-state index in [9.17, 15) is 4.79 Å². The van der Waals surface area contributed by atoms with Crippen LogP contribution in [0.1, 0.15) is 18.4 Å². The molecule has 2 aromatic carbocycles. The second-order valence-corrected chi connectivity index (χ2v) is 5.21. The van der Waals surface area contributed by atoms with Gasteiger partial charge >= 0.3 is 0 Å². The Morgan fingerprint density at radius 3 is 2.67 bits per heavy atom. The van der Waals surface area contributed by atoms with Gasteiger partial charge in [-0.05, 0) is 49.2 Å². The lowest BCUT2D eigenvalue weighted by molar-refractivity contribution is -0.116. The number of hydrogen-bond acceptors (Lipinski definition) is 2. The van der Waals surface area contributed by atoms with Crippen LogP contribution in [0.5, 0.6) is 5.75 Å². The van der Waals surface area contributed by atoms with Gasteiger partial charge in [0.05, 0.1) is 6.61 Å². The molecule has 2 rings (SSSR count). The van der Waals surface area contributed by atoms with E-state index in [0.29, 0.717) is 24.5 Å². The summed E-state index contributed by atoms with van der Waals surface area (Å²) >= 11 is 5.88. The number of benzene rings is 2. The molecule has 0 aliphatic carbocycles. The Hall–Kier alpha value is -2.00. The molecule has 0 heterocycles. The zero-order chi connectivity index (χ0) is 15.1. The van der Waals surface area contributed by atoms with Gasteiger partial charge in [0.15, 0.2) is 0 Å². The van der Waals surface area contributed by atoms with Crippen LogP contribution in [0.25, 0.3) is 0 Å².